The van der Waals surface area contributed by atoms with Gasteiger partial charge in [0.05, 0.1) is 6.10 Å². The Morgan fingerprint density at radius 1 is 1.20 bits per heavy atom. The van der Waals surface area contributed by atoms with Crippen molar-refractivity contribution >= 4 is 5.91 Å². The van der Waals surface area contributed by atoms with Crippen LogP contribution in [0.25, 0.3) is 0 Å². The molecule has 0 aromatic heterocycles. The number of hydrogen-bond acceptors (Lipinski definition) is 2. The van der Waals surface area contributed by atoms with E-state index in [-0.39, 0.29) is 29.7 Å². The van der Waals surface area contributed by atoms with Crippen molar-refractivity contribution in [3.8, 4) is 5.75 Å². The second kappa shape index (κ2) is 7.68. The summed E-state index contributed by atoms with van der Waals surface area (Å²) in [6.07, 6.45) is 1.66. The maximum absolute atomic E-state index is 13.8. The Morgan fingerprint density at radius 2 is 1.92 bits per heavy atom. The van der Waals surface area contributed by atoms with Gasteiger partial charge in [0.1, 0.15) is 11.6 Å². The Hall–Kier alpha value is -2.36. The number of halogens is 1. The molecule has 1 aliphatic carbocycles. The van der Waals surface area contributed by atoms with Gasteiger partial charge >= 0.3 is 0 Å². The maximum atomic E-state index is 13.8. The first-order chi connectivity index (χ1) is 12.0. The van der Waals surface area contributed by atoms with E-state index in [1.54, 1.807) is 12.1 Å². The number of carbonyl (C=O) groups excluding carboxylic acids is 1. The quantitative estimate of drug-likeness (QED) is 0.824. The molecule has 1 N–H and O–H groups in total. The summed E-state index contributed by atoms with van der Waals surface area (Å²) in [5.41, 5.74) is 1.81. The molecule has 4 heteroatoms. The number of amides is 1. The molecule has 0 bridgehead atoms. The van der Waals surface area contributed by atoms with Gasteiger partial charge in [0.2, 0.25) is 5.91 Å². The highest BCUT2D eigenvalue weighted by molar-refractivity contribution is 5.82. The van der Waals surface area contributed by atoms with Gasteiger partial charge in [-0.1, -0.05) is 30.3 Å². The van der Waals surface area contributed by atoms with Gasteiger partial charge < -0.3 is 10.1 Å². The van der Waals surface area contributed by atoms with Crippen LogP contribution in [-0.2, 0) is 11.2 Å². The number of nitrogens with one attached hydrogen (secondary N) is 1. The summed E-state index contributed by atoms with van der Waals surface area (Å²) in [6.45, 7) is 4.58. The Bertz CT molecular complexity index is 727. The number of carbonyl (C=O) groups is 1. The lowest BCUT2D eigenvalue weighted by Crippen LogP contribution is -2.27. The molecular formula is C21H24FNO2. The van der Waals surface area contributed by atoms with Crippen LogP contribution >= 0.6 is 0 Å². The van der Waals surface area contributed by atoms with E-state index >= 15 is 0 Å². The van der Waals surface area contributed by atoms with Gasteiger partial charge in [-0.05, 0) is 61.9 Å². The highest BCUT2D eigenvalue weighted by Crippen LogP contribution is 2.48. The van der Waals surface area contributed by atoms with Crippen LogP contribution in [0, 0.1) is 11.7 Å². The van der Waals surface area contributed by atoms with Crippen molar-refractivity contribution in [2.75, 3.05) is 6.54 Å². The first-order valence-corrected chi connectivity index (χ1v) is 8.82. The van der Waals surface area contributed by atoms with E-state index in [0.717, 1.165) is 24.2 Å². The Labute approximate surface area is 148 Å². The fourth-order valence-corrected chi connectivity index (χ4v) is 3.07. The number of rotatable bonds is 7. The Balaban J connectivity index is 1.44. The van der Waals surface area contributed by atoms with Gasteiger partial charge in [0, 0.05) is 12.5 Å². The lowest BCUT2D eigenvalue weighted by Gasteiger charge is -2.10. The fourth-order valence-electron chi connectivity index (χ4n) is 3.07. The van der Waals surface area contributed by atoms with Crippen LogP contribution in [0.15, 0.2) is 48.5 Å². The van der Waals surface area contributed by atoms with Crippen LogP contribution in [0.1, 0.15) is 37.3 Å². The summed E-state index contributed by atoms with van der Waals surface area (Å²) < 4.78 is 19.4. The molecule has 2 aromatic rings. The zero-order valence-electron chi connectivity index (χ0n) is 14.7. The summed E-state index contributed by atoms with van der Waals surface area (Å²) in [7, 11) is 0. The van der Waals surface area contributed by atoms with E-state index in [4.69, 9.17) is 4.74 Å². The molecule has 25 heavy (non-hydrogen) atoms. The summed E-state index contributed by atoms with van der Waals surface area (Å²) in [4.78, 5) is 12.2. The molecule has 1 saturated carbocycles. The van der Waals surface area contributed by atoms with E-state index in [1.165, 1.54) is 6.07 Å². The first-order valence-electron chi connectivity index (χ1n) is 8.82. The molecule has 0 radical (unpaired) electrons. The standard InChI is InChI=1S/C21H24FNO2/c1-14(2)25-16-9-7-15(8-10-16)11-12-23-21(24)19-13-18(19)17-5-3-4-6-20(17)22/h3-10,14,18-19H,11-13H2,1-2H3,(H,23,24)/t18-,19+/m1/s1. The first kappa shape index (κ1) is 17.5. The van der Waals surface area contributed by atoms with E-state index in [0.29, 0.717) is 12.1 Å². The minimum Gasteiger partial charge on any atom is -0.491 e. The lowest BCUT2D eigenvalue weighted by atomic mass is 10.1. The Kier molecular flexibility index (Phi) is 5.37. The molecule has 1 amide bonds. The van der Waals surface area contributed by atoms with Crippen molar-refractivity contribution in [2.45, 2.75) is 38.7 Å². The second-order valence-electron chi connectivity index (χ2n) is 6.82. The fraction of sp³-hybridized carbons (Fsp3) is 0.381. The minimum absolute atomic E-state index is 0.0213. The Morgan fingerprint density at radius 3 is 2.60 bits per heavy atom. The van der Waals surface area contributed by atoms with Crippen molar-refractivity contribution in [1.29, 1.82) is 0 Å². The van der Waals surface area contributed by atoms with E-state index in [1.807, 2.05) is 44.2 Å². The highest BCUT2D eigenvalue weighted by Gasteiger charge is 2.44. The molecule has 1 fully saturated rings. The molecule has 2 atom stereocenters. The predicted molar refractivity (Wildman–Crippen MR) is 96.2 cm³/mol. The lowest BCUT2D eigenvalue weighted by molar-refractivity contribution is -0.122. The summed E-state index contributed by atoms with van der Waals surface area (Å²) in [6, 6.07) is 14.7. The van der Waals surface area contributed by atoms with Crippen molar-refractivity contribution in [3.05, 3.63) is 65.5 Å². The van der Waals surface area contributed by atoms with Crippen molar-refractivity contribution in [3.63, 3.8) is 0 Å². The number of benzene rings is 2. The summed E-state index contributed by atoms with van der Waals surface area (Å²) in [5, 5.41) is 2.97. The van der Waals surface area contributed by atoms with Crippen LogP contribution in [0.5, 0.6) is 5.75 Å². The summed E-state index contributed by atoms with van der Waals surface area (Å²) >= 11 is 0. The average molecular weight is 341 g/mol. The topological polar surface area (TPSA) is 38.3 Å². The molecule has 0 unspecified atom stereocenters. The van der Waals surface area contributed by atoms with Crippen LogP contribution in [0.4, 0.5) is 4.39 Å². The normalized spacial score (nSPS) is 18.9. The van der Waals surface area contributed by atoms with Gasteiger partial charge in [-0.3, -0.25) is 4.79 Å². The molecule has 2 aromatic carbocycles. The molecular weight excluding hydrogens is 317 g/mol. The van der Waals surface area contributed by atoms with Crippen LogP contribution < -0.4 is 10.1 Å². The van der Waals surface area contributed by atoms with Crippen molar-refractivity contribution in [1.82, 2.24) is 5.32 Å². The van der Waals surface area contributed by atoms with Gasteiger partial charge in [-0.15, -0.1) is 0 Å². The van der Waals surface area contributed by atoms with Crippen molar-refractivity contribution < 1.29 is 13.9 Å². The average Bonchev–Trinajstić information content (AvgIpc) is 3.37. The molecule has 132 valence electrons. The highest BCUT2D eigenvalue weighted by atomic mass is 19.1. The van der Waals surface area contributed by atoms with Gasteiger partial charge in [0.25, 0.3) is 0 Å². The monoisotopic (exact) mass is 341 g/mol. The molecule has 0 saturated heterocycles. The number of hydrogen-bond donors (Lipinski definition) is 1. The maximum Gasteiger partial charge on any atom is 0.223 e. The molecule has 0 heterocycles. The van der Waals surface area contributed by atoms with E-state index in [9.17, 15) is 9.18 Å². The third-order valence-corrected chi connectivity index (χ3v) is 4.44. The van der Waals surface area contributed by atoms with E-state index in [2.05, 4.69) is 5.32 Å². The third-order valence-electron chi connectivity index (χ3n) is 4.44. The molecule has 3 nitrogen and oxygen atoms in total. The SMILES string of the molecule is CC(C)Oc1ccc(CCNC(=O)[C@H]2C[C@@H]2c2ccccc2F)cc1. The molecule has 0 aliphatic heterocycles. The molecule has 1 aliphatic rings. The number of ether oxygens (including phenoxy) is 1. The van der Waals surface area contributed by atoms with Gasteiger partial charge in [0.15, 0.2) is 0 Å². The zero-order valence-corrected chi connectivity index (χ0v) is 14.7. The largest absolute Gasteiger partial charge is 0.491 e. The van der Waals surface area contributed by atoms with Gasteiger partial charge in [-0.25, -0.2) is 4.39 Å². The third kappa shape index (κ3) is 4.59. The van der Waals surface area contributed by atoms with E-state index < -0.39 is 0 Å². The zero-order chi connectivity index (χ0) is 17.8. The van der Waals surface area contributed by atoms with Crippen LogP contribution in [0.3, 0.4) is 0 Å². The molecule has 0 spiro atoms. The minimum atomic E-state index is -0.216. The van der Waals surface area contributed by atoms with Crippen LogP contribution in [0.2, 0.25) is 0 Å². The smallest absolute Gasteiger partial charge is 0.223 e. The van der Waals surface area contributed by atoms with Crippen LogP contribution in [-0.4, -0.2) is 18.6 Å². The van der Waals surface area contributed by atoms with Gasteiger partial charge in [-0.2, -0.15) is 0 Å². The summed E-state index contributed by atoms with van der Waals surface area (Å²) in [5.74, 6) is 0.584. The predicted octanol–water partition coefficient (Wildman–Crippen LogP) is 4.08. The second-order valence-corrected chi connectivity index (χ2v) is 6.82. The molecule has 3 rings (SSSR count). The van der Waals surface area contributed by atoms with Crippen molar-refractivity contribution in [2.24, 2.45) is 5.92 Å².